The smallest absolute Gasteiger partial charge is 0.122 e. The molecule has 138 valence electrons. The lowest BCUT2D eigenvalue weighted by molar-refractivity contribution is 0.400. The summed E-state index contributed by atoms with van der Waals surface area (Å²) in [6.45, 7) is 18.5. The van der Waals surface area contributed by atoms with E-state index in [1.165, 1.54) is 39.5 Å². The zero-order valence-corrected chi connectivity index (χ0v) is 18.8. The maximum absolute atomic E-state index is 6.08. The third-order valence-electron chi connectivity index (χ3n) is 5.94. The van der Waals surface area contributed by atoms with Gasteiger partial charge in [-0.3, -0.25) is 0 Å². The lowest BCUT2D eigenvalue weighted by Crippen LogP contribution is -2.50. The van der Waals surface area contributed by atoms with Crippen molar-refractivity contribution in [3.63, 3.8) is 0 Å². The fourth-order valence-corrected chi connectivity index (χ4v) is 9.66. The first-order valence-corrected chi connectivity index (χ1v) is 12.1. The van der Waals surface area contributed by atoms with Crippen molar-refractivity contribution in [1.82, 2.24) is 0 Å². The summed E-state index contributed by atoms with van der Waals surface area (Å²) in [6, 6.07) is 7.23. The highest BCUT2D eigenvalue weighted by Crippen LogP contribution is 2.40. The second kappa shape index (κ2) is 7.15. The minimum absolute atomic E-state index is 0.0843. The van der Waals surface area contributed by atoms with Crippen molar-refractivity contribution in [1.29, 1.82) is 0 Å². The van der Waals surface area contributed by atoms with Crippen LogP contribution in [0.15, 0.2) is 34.6 Å². The zero-order chi connectivity index (χ0) is 19.0. The Bertz CT molecular complexity index is 712. The lowest BCUT2D eigenvalue weighted by atomic mass is 9.85. The van der Waals surface area contributed by atoms with E-state index < -0.39 is 8.07 Å². The van der Waals surface area contributed by atoms with Crippen LogP contribution in [0.25, 0.3) is 0 Å². The Morgan fingerprint density at radius 1 is 1.04 bits per heavy atom. The first kappa shape index (κ1) is 20.0. The number of benzene rings is 1. The topological polar surface area (TPSA) is 9.23 Å². The summed E-state index contributed by atoms with van der Waals surface area (Å²) in [4.78, 5) is 0. The predicted molar refractivity (Wildman–Crippen MR) is 114 cm³/mol. The van der Waals surface area contributed by atoms with Crippen molar-refractivity contribution in [3.05, 3.63) is 45.7 Å². The Morgan fingerprint density at radius 3 is 2.04 bits per heavy atom. The van der Waals surface area contributed by atoms with Gasteiger partial charge >= 0.3 is 0 Å². The van der Waals surface area contributed by atoms with Crippen LogP contribution in [0, 0.1) is 6.92 Å². The Morgan fingerprint density at radius 2 is 1.64 bits per heavy atom. The van der Waals surface area contributed by atoms with Crippen LogP contribution in [0.1, 0.15) is 66.0 Å². The van der Waals surface area contributed by atoms with Gasteiger partial charge in [-0.1, -0.05) is 86.8 Å². The number of allylic oxidation sites excluding steroid dienone is 4. The van der Waals surface area contributed by atoms with E-state index >= 15 is 0 Å². The Kier molecular flexibility index (Phi) is 5.73. The number of hydrogen-bond acceptors (Lipinski definition) is 1. The van der Waals surface area contributed by atoms with Crippen LogP contribution < -0.4 is 9.92 Å². The molecule has 0 spiro atoms. The molecule has 0 atom stereocenters. The van der Waals surface area contributed by atoms with Crippen LogP contribution >= 0.6 is 0 Å². The fraction of sp³-hybridized carbons (Fsp3) is 0.565. The standard InChI is InChI=1S/C23H36OSi/c1-10-25(11-2,20-14-16(3)12-18(20)5)21-15-17(4)13-19(22(21)24-9)23(6,7)8/h12-13,15H,10-11,14H2,1-9H3. The summed E-state index contributed by atoms with van der Waals surface area (Å²) in [5, 5.41) is 3.24. The highest BCUT2D eigenvalue weighted by molar-refractivity contribution is 6.98. The van der Waals surface area contributed by atoms with Crippen molar-refractivity contribution in [3.8, 4) is 5.75 Å². The van der Waals surface area contributed by atoms with Gasteiger partial charge < -0.3 is 4.74 Å². The normalized spacial score (nSPS) is 15.6. The molecule has 2 rings (SSSR count). The maximum atomic E-state index is 6.08. The molecule has 2 heteroatoms. The van der Waals surface area contributed by atoms with E-state index in [1.54, 1.807) is 5.20 Å². The van der Waals surface area contributed by atoms with Crippen molar-refractivity contribution >= 4 is 13.3 Å². The lowest BCUT2D eigenvalue weighted by Gasteiger charge is -2.36. The van der Waals surface area contributed by atoms with E-state index in [0.29, 0.717) is 0 Å². The molecule has 0 amide bonds. The second-order valence-electron chi connectivity index (χ2n) is 8.76. The monoisotopic (exact) mass is 356 g/mol. The molecule has 1 aromatic rings. The van der Waals surface area contributed by atoms with Gasteiger partial charge in [0.25, 0.3) is 0 Å². The number of hydrogen-bond donors (Lipinski definition) is 0. The maximum Gasteiger partial charge on any atom is 0.122 e. The highest BCUT2D eigenvalue weighted by Gasteiger charge is 2.41. The van der Waals surface area contributed by atoms with E-state index in [9.17, 15) is 0 Å². The van der Waals surface area contributed by atoms with Gasteiger partial charge in [-0.25, -0.2) is 0 Å². The van der Waals surface area contributed by atoms with Crippen molar-refractivity contribution in [2.75, 3.05) is 7.11 Å². The SMILES string of the molecule is CC[Si](CC)(C1=C(C)C=C(C)C1)c1cc(C)cc(C(C)(C)C)c1OC. The molecule has 0 fully saturated rings. The molecule has 0 aliphatic heterocycles. The molecule has 0 unspecified atom stereocenters. The summed E-state index contributed by atoms with van der Waals surface area (Å²) in [5.41, 5.74) is 5.81. The van der Waals surface area contributed by atoms with Crippen LogP contribution in [0.4, 0.5) is 0 Å². The number of methoxy groups -OCH3 is 1. The molecule has 25 heavy (non-hydrogen) atoms. The third-order valence-corrected chi connectivity index (χ3v) is 11.5. The van der Waals surface area contributed by atoms with E-state index in [2.05, 4.69) is 73.6 Å². The van der Waals surface area contributed by atoms with E-state index in [-0.39, 0.29) is 5.41 Å². The fourth-order valence-electron chi connectivity index (χ4n) is 4.60. The van der Waals surface area contributed by atoms with Crippen molar-refractivity contribution in [2.24, 2.45) is 0 Å². The van der Waals surface area contributed by atoms with Gasteiger partial charge in [0.2, 0.25) is 0 Å². The molecule has 0 N–H and O–H groups in total. The summed E-state index contributed by atoms with van der Waals surface area (Å²) >= 11 is 0. The minimum atomic E-state index is -1.80. The van der Waals surface area contributed by atoms with Gasteiger partial charge in [0, 0.05) is 0 Å². The van der Waals surface area contributed by atoms with Gasteiger partial charge in [-0.15, -0.1) is 0 Å². The number of rotatable bonds is 5. The van der Waals surface area contributed by atoms with Crippen LogP contribution in [0.2, 0.25) is 12.1 Å². The van der Waals surface area contributed by atoms with Crippen molar-refractivity contribution < 1.29 is 4.74 Å². The van der Waals surface area contributed by atoms with E-state index in [4.69, 9.17) is 4.74 Å². The molecule has 1 aliphatic carbocycles. The number of aryl methyl sites for hydroxylation is 1. The molecule has 1 nitrogen and oxygen atoms in total. The van der Waals surface area contributed by atoms with Gasteiger partial charge in [-0.2, -0.15) is 0 Å². The first-order valence-electron chi connectivity index (χ1n) is 9.67. The molecular formula is C23H36OSi. The molecule has 1 aliphatic rings. The zero-order valence-electron chi connectivity index (χ0n) is 17.8. The van der Waals surface area contributed by atoms with Gasteiger partial charge in [0.1, 0.15) is 13.8 Å². The summed E-state index contributed by atoms with van der Waals surface area (Å²) in [7, 11) is 0.0585. The molecule has 0 saturated heterocycles. The molecule has 0 heterocycles. The van der Waals surface area contributed by atoms with Gasteiger partial charge in [0.05, 0.1) is 7.11 Å². The van der Waals surface area contributed by atoms with Crippen LogP contribution in [0.3, 0.4) is 0 Å². The Labute approximate surface area is 156 Å². The van der Waals surface area contributed by atoms with Crippen molar-refractivity contribution in [2.45, 2.75) is 79.3 Å². The third kappa shape index (κ3) is 3.51. The minimum Gasteiger partial charge on any atom is -0.497 e. The van der Waals surface area contributed by atoms with Crippen LogP contribution in [-0.2, 0) is 5.41 Å². The average molecular weight is 357 g/mol. The molecular weight excluding hydrogens is 320 g/mol. The van der Waals surface area contributed by atoms with Crippen LogP contribution in [-0.4, -0.2) is 15.2 Å². The molecule has 1 aromatic carbocycles. The molecule has 0 aromatic heterocycles. The Balaban J connectivity index is 2.81. The second-order valence-corrected chi connectivity index (χ2v) is 13.5. The largest absolute Gasteiger partial charge is 0.497 e. The van der Waals surface area contributed by atoms with E-state index in [1.807, 2.05) is 7.11 Å². The van der Waals surface area contributed by atoms with E-state index in [0.717, 1.165) is 12.2 Å². The van der Waals surface area contributed by atoms with Gasteiger partial charge in [-0.05, 0) is 43.4 Å². The Hall–Kier alpha value is -1.28. The average Bonchev–Trinajstić information content (AvgIpc) is 2.87. The first-order chi connectivity index (χ1) is 11.6. The molecule has 0 bridgehead atoms. The summed E-state index contributed by atoms with van der Waals surface area (Å²) in [6.07, 6.45) is 3.55. The molecule has 0 saturated carbocycles. The predicted octanol–water partition coefficient (Wildman–Crippen LogP) is 6.20. The van der Waals surface area contributed by atoms with Gasteiger partial charge in [0.15, 0.2) is 0 Å². The highest BCUT2D eigenvalue weighted by atomic mass is 28.3. The number of ether oxygens (including phenoxy) is 1. The molecule has 0 radical (unpaired) electrons. The van der Waals surface area contributed by atoms with Crippen LogP contribution in [0.5, 0.6) is 5.75 Å². The quantitative estimate of drug-likeness (QED) is 0.570. The summed E-state index contributed by atoms with van der Waals surface area (Å²) in [5.74, 6) is 1.15. The summed E-state index contributed by atoms with van der Waals surface area (Å²) < 4.78 is 6.08.